The summed E-state index contributed by atoms with van der Waals surface area (Å²) in [6.07, 6.45) is 6.80. The Bertz CT molecular complexity index is 822. The number of hydrogen-bond acceptors (Lipinski definition) is 6. The van der Waals surface area contributed by atoms with E-state index in [0.717, 1.165) is 11.8 Å². The van der Waals surface area contributed by atoms with Crippen molar-refractivity contribution in [3.8, 4) is 0 Å². The van der Waals surface area contributed by atoms with Crippen molar-refractivity contribution in [1.29, 1.82) is 0 Å². The third-order valence-corrected chi connectivity index (χ3v) is 4.01. The number of pyridine rings is 1. The first-order valence-corrected chi connectivity index (χ1v) is 7.61. The molecule has 1 atom stereocenters. The second-order valence-corrected chi connectivity index (χ2v) is 6.98. The van der Waals surface area contributed by atoms with Crippen LogP contribution in [0, 0.1) is 5.41 Å². The highest BCUT2D eigenvalue weighted by Gasteiger charge is 2.35. The highest BCUT2D eigenvalue weighted by Crippen LogP contribution is 2.30. The number of aryl methyl sites for hydroxylation is 1. The Labute approximate surface area is 135 Å². The van der Waals surface area contributed by atoms with Crippen LogP contribution in [0.25, 0.3) is 5.82 Å². The minimum atomic E-state index is -0.956. The molecule has 1 unspecified atom stereocenters. The molecule has 7 nitrogen and oxygen atoms in total. The molecule has 0 aliphatic carbocycles. The van der Waals surface area contributed by atoms with E-state index in [9.17, 15) is 0 Å². The molecule has 3 rings (SSSR count). The zero-order chi connectivity index (χ0) is 16.7. The minimum Gasteiger partial charge on any atom is -0.384 e. The summed E-state index contributed by atoms with van der Waals surface area (Å²) in [5, 5.41) is 3.93. The van der Waals surface area contributed by atoms with Gasteiger partial charge in [0.1, 0.15) is 11.2 Å². The molecule has 0 radical (unpaired) electrons. The molecule has 0 fully saturated rings. The molecule has 0 aromatic carbocycles. The fourth-order valence-electron chi connectivity index (χ4n) is 3.25. The summed E-state index contributed by atoms with van der Waals surface area (Å²) in [6, 6.07) is 4.04. The van der Waals surface area contributed by atoms with Crippen molar-refractivity contribution in [1.82, 2.24) is 19.9 Å². The van der Waals surface area contributed by atoms with Gasteiger partial charge >= 0.3 is 0 Å². The van der Waals surface area contributed by atoms with E-state index >= 15 is 0 Å². The van der Waals surface area contributed by atoms with Crippen molar-refractivity contribution in [2.24, 2.45) is 28.9 Å². The van der Waals surface area contributed by atoms with Crippen LogP contribution in [-0.4, -0.2) is 20.3 Å². The van der Waals surface area contributed by atoms with Crippen LogP contribution >= 0.6 is 0 Å². The van der Waals surface area contributed by atoms with Gasteiger partial charge in [-0.25, -0.2) is 9.98 Å². The van der Waals surface area contributed by atoms with Crippen LogP contribution in [0.15, 0.2) is 35.8 Å². The predicted molar refractivity (Wildman–Crippen MR) is 88.0 cm³/mol. The Kier molecular flexibility index (Phi) is 3.60. The second kappa shape index (κ2) is 5.34. The molecular weight excluding hydrogens is 290 g/mol. The van der Waals surface area contributed by atoms with Crippen LogP contribution in [0.1, 0.15) is 25.8 Å². The van der Waals surface area contributed by atoms with E-state index < -0.39 is 5.79 Å². The SMILES string of the molecule is Cn1cnc2c1=C(N)NC(N)(CC(C)(C)Cc1ccncc1)N=2. The first kappa shape index (κ1) is 15.5. The summed E-state index contributed by atoms with van der Waals surface area (Å²) < 4.78 is 1.84. The molecule has 0 saturated carbocycles. The summed E-state index contributed by atoms with van der Waals surface area (Å²) in [6.45, 7) is 4.34. The lowest BCUT2D eigenvalue weighted by Gasteiger charge is -2.36. The maximum absolute atomic E-state index is 6.47. The first-order valence-electron chi connectivity index (χ1n) is 7.61. The van der Waals surface area contributed by atoms with Crippen molar-refractivity contribution < 1.29 is 0 Å². The summed E-state index contributed by atoms with van der Waals surface area (Å²) in [4.78, 5) is 12.9. The standard InChI is InChI=1S/C16H23N7/c1-15(2,8-11-4-6-19-7-5-11)9-16(18)21-13(17)12-14(22-16)20-10-23(12)3/h4-7,10,21H,8-9,17-18H2,1-3H3. The van der Waals surface area contributed by atoms with E-state index in [0.29, 0.717) is 17.7 Å². The number of imidazole rings is 1. The first-order chi connectivity index (χ1) is 10.8. The molecule has 0 amide bonds. The quantitative estimate of drug-likeness (QED) is 0.694. The maximum atomic E-state index is 6.47. The highest BCUT2D eigenvalue weighted by atomic mass is 15.3. The van der Waals surface area contributed by atoms with Gasteiger partial charge in [0.2, 0.25) is 0 Å². The van der Waals surface area contributed by atoms with Gasteiger partial charge < -0.3 is 15.6 Å². The summed E-state index contributed by atoms with van der Waals surface area (Å²) in [7, 11) is 1.88. The average molecular weight is 313 g/mol. The van der Waals surface area contributed by atoms with Crippen LogP contribution in [0.3, 0.4) is 0 Å². The Morgan fingerprint density at radius 3 is 2.70 bits per heavy atom. The summed E-state index contributed by atoms with van der Waals surface area (Å²) in [5.41, 5.74) is 14.3. The summed E-state index contributed by atoms with van der Waals surface area (Å²) in [5.74, 6) is -0.445. The van der Waals surface area contributed by atoms with E-state index in [2.05, 4.69) is 34.1 Å². The number of hydrogen-bond donors (Lipinski definition) is 3. The topological polar surface area (TPSA) is 107 Å². The van der Waals surface area contributed by atoms with Crippen LogP contribution in [0.2, 0.25) is 0 Å². The maximum Gasteiger partial charge on any atom is 0.186 e. The van der Waals surface area contributed by atoms with Gasteiger partial charge in [0.05, 0.1) is 6.33 Å². The molecule has 0 saturated heterocycles. The molecule has 2 aromatic rings. The van der Waals surface area contributed by atoms with Gasteiger partial charge in [-0.05, 0) is 29.5 Å². The molecule has 0 bridgehead atoms. The molecule has 1 aliphatic rings. The van der Waals surface area contributed by atoms with Crippen LogP contribution in [0.5, 0.6) is 0 Å². The van der Waals surface area contributed by atoms with Gasteiger partial charge in [-0.15, -0.1) is 0 Å². The molecule has 5 N–H and O–H groups in total. The van der Waals surface area contributed by atoms with Crippen molar-refractivity contribution in [2.45, 2.75) is 32.5 Å². The molecular formula is C16H23N7. The van der Waals surface area contributed by atoms with Gasteiger partial charge in [0.15, 0.2) is 11.3 Å². The van der Waals surface area contributed by atoms with Gasteiger partial charge in [-0.1, -0.05) is 13.8 Å². The van der Waals surface area contributed by atoms with Gasteiger partial charge in [0.25, 0.3) is 0 Å². The number of nitrogens with zero attached hydrogens (tertiary/aromatic N) is 4. The number of fused-ring (bicyclic) bond motifs is 1. The van der Waals surface area contributed by atoms with Crippen molar-refractivity contribution in [2.75, 3.05) is 0 Å². The highest BCUT2D eigenvalue weighted by molar-refractivity contribution is 5.38. The Balaban J connectivity index is 1.86. The Morgan fingerprint density at radius 1 is 1.30 bits per heavy atom. The molecule has 7 heteroatoms. The van der Waals surface area contributed by atoms with E-state index in [-0.39, 0.29) is 5.41 Å². The van der Waals surface area contributed by atoms with Gasteiger partial charge in [0, 0.05) is 25.9 Å². The smallest absolute Gasteiger partial charge is 0.186 e. The summed E-state index contributed by atoms with van der Waals surface area (Å²) >= 11 is 0. The van der Waals surface area contributed by atoms with E-state index in [1.807, 2.05) is 23.7 Å². The predicted octanol–water partition coefficient (Wildman–Crippen LogP) is -0.666. The lowest BCUT2D eigenvalue weighted by molar-refractivity contribution is 0.213. The van der Waals surface area contributed by atoms with Crippen molar-refractivity contribution >= 4 is 5.82 Å². The molecule has 122 valence electrons. The monoisotopic (exact) mass is 313 g/mol. The van der Waals surface area contributed by atoms with Gasteiger partial charge in [-0.3, -0.25) is 10.7 Å². The number of rotatable bonds is 4. The molecule has 1 aliphatic heterocycles. The molecule has 3 heterocycles. The van der Waals surface area contributed by atoms with E-state index in [1.54, 1.807) is 18.7 Å². The number of nitrogens with two attached hydrogens (primary N) is 2. The van der Waals surface area contributed by atoms with E-state index in [1.165, 1.54) is 5.56 Å². The third-order valence-electron chi connectivity index (χ3n) is 4.01. The fraction of sp³-hybridized carbons (Fsp3) is 0.438. The van der Waals surface area contributed by atoms with Crippen LogP contribution < -0.4 is 27.6 Å². The third kappa shape index (κ3) is 3.19. The second-order valence-electron chi connectivity index (χ2n) is 6.98. The normalized spacial score (nSPS) is 20.6. The van der Waals surface area contributed by atoms with Crippen molar-refractivity contribution in [3.63, 3.8) is 0 Å². The number of aromatic nitrogens is 3. The van der Waals surface area contributed by atoms with E-state index in [4.69, 9.17) is 11.5 Å². The zero-order valence-corrected chi connectivity index (χ0v) is 13.7. The minimum absolute atomic E-state index is 0.0703. The van der Waals surface area contributed by atoms with Gasteiger partial charge in [-0.2, -0.15) is 0 Å². The largest absolute Gasteiger partial charge is 0.384 e. The lowest BCUT2D eigenvalue weighted by Crippen LogP contribution is -2.61. The Morgan fingerprint density at radius 2 is 2.00 bits per heavy atom. The fourth-order valence-corrected chi connectivity index (χ4v) is 3.25. The lowest BCUT2D eigenvalue weighted by atomic mass is 9.80. The molecule has 2 aromatic heterocycles. The molecule has 23 heavy (non-hydrogen) atoms. The van der Waals surface area contributed by atoms with Crippen LogP contribution in [0.4, 0.5) is 0 Å². The number of nitrogens with one attached hydrogen (secondary N) is 1. The van der Waals surface area contributed by atoms with Crippen molar-refractivity contribution in [3.05, 3.63) is 47.3 Å². The zero-order valence-electron chi connectivity index (χ0n) is 13.7. The molecule has 0 spiro atoms. The average Bonchev–Trinajstić information content (AvgIpc) is 2.79. The Hall–Kier alpha value is -2.41. The van der Waals surface area contributed by atoms with Crippen LogP contribution in [-0.2, 0) is 13.5 Å².